The number of nitrogens with zero attached hydrogens (tertiary/aromatic N) is 5. The number of fused-ring (bicyclic) bond motifs is 1. The lowest BCUT2D eigenvalue weighted by atomic mass is 10.2. The van der Waals surface area contributed by atoms with Gasteiger partial charge in [0, 0.05) is 50.3 Å². The summed E-state index contributed by atoms with van der Waals surface area (Å²) in [5, 5.41) is 7.52. The minimum Gasteiger partial charge on any atom is -0.368 e. The average Bonchev–Trinajstić information content (AvgIpc) is 2.79. The number of rotatable bonds is 8. The zero-order valence-electron chi connectivity index (χ0n) is 19.3. The van der Waals surface area contributed by atoms with Gasteiger partial charge in [0.15, 0.2) is 0 Å². The lowest BCUT2D eigenvalue weighted by Crippen LogP contribution is -2.47. The van der Waals surface area contributed by atoms with Gasteiger partial charge in [-0.3, -0.25) is 0 Å². The number of sulfonamides is 1. The number of benzene rings is 2. The second kappa shape index (κ2) is 10.0. The third-order valence-electron chi connectivity index (χ3n) is 5.64. The van der Waals surface area contributed by atoms with Gasteiger partial charge in [0.05, 0.1) is 10.4 Å². The van der Waals surface area contributed by atoms with Gasteiger partial charge in [-0.15, -0.1) is 0 Å². The highest BCUT2D eigenvalue weighted by atomic mass is 32.2. The summed E-state index contributed by atoms with van der Waals surface area (Å²) in [7, 11) is 2.49. The van der Waals surface area contributed by atoms with Crippen LogP contribution >= 0.6 is 0 Å². The maximum absolute atomic E-state index is 13.1. The van der Waals surface area contributed by atoms with Crippen LogP contribution in [0.2, 0.25) is 0 Å². The Hall–Kier alpha value is -2.79. The van der Waals surface area contributed by atoms with E-state index in [0.29, 0.717) is 24.7 Å². The van der Waals surface area contributed by atoms with Gasteiger partial charge in [0.25, 0.3) is 0 Å². The standard InChI is InChI=1S/C23H31N7O2S/c1-28(2)12-11-24-22-20-9-4-5-10-21(20)26-23(27-22)25-18-7-6-8-19(17-18)33(31,32)30-15-13-29(3)14-16-30/h4-10,17H,11-16H2,1-3H3,(H2,24,25,26,27). The minimum absolute atomic E-state index is 0.266. The van der Waals surface area contributed by atoms with E-state index in [4.69, 9.17) is 0 Å². The number of aromatic nitrogens is 2. The van der Waals surface area contributed by atoms with Crippen molar-refractivity contribution in [1.82, 2.24) is 24.1 Å². The molecular weight excluding hydrogens is 438 g/mol. The molecule has 0 unspecified atom stereocenters. The van der Waals surface area contributed by atoms with Gasteiger partial charge in [-0.2, -0.15) is 9.29 Å². The number of hydrogen-bond acceptors (Lipinski definition) is 8. The quantitative estimate of drug-likeness (QED) is 0.519. The Morgan fingerprint density at radius 2 is 1.76 bits per heavy atom. The fourth-order valence-corrected chi connectivity index (χ4v) is 5.17. The zero-order chi connectivity index (χ0) is 23.4. The van der Waals surface area contributed by atoms with E-state index in [2.05, 4.69) is 30.4 Å². The largest absolute Gasteiger partial charge is 0.368 e. The lowest BCUT2D eigenvalue weighted by molar-refractivity contribution is 0.222. The molecule has 1 aromatic heterocycles. The summed E-state index contributed by atoms with van der Waals surface area (Å²) in [6, 6.07) is 14.7. The molecule has 0 bridgehead atoms. The molecule has 33 heavy (non-hydrogen) atoms. The summed E-state index contributed by atoms with van der Waals surface area (Å²) < 4.78 is 27.8. The van der Waals surface area contributed by atoms with Gasteiger partial charge in [0.2, 0.25) is 16.0 Å². The van der Waals surface area contributed by atoms with Crippen LogP contribution in [-0.2, 0) is 10.0 Å². The molecule has 1 aliphatic rings. The minimum atomic E-state index is -3.55. The number of para-hydroxylation sites is 1. The van der Waals surface area contributed by atoms with Gasteiger partial charge in [-0.25, -0.2) is 13.4 Å². The third kappa shape index (κ3) is 5.59. The van der Waals surface area contributed by atoms with E-state index in [1.807, 2.05) is 51.5 Å². The van der Waals surface area contributed by atoms with Crippen LogP contribution in [0.15, 0.2) is 53.4 Å². The molecule has 3 aromatic rings. The first-order valence-electron chi connectivity index (χ1n) is 11.0. The molecule has 2 heterocycles. The van der Waals surface area contributed by atoms with Crippen molar-refractivity contribution in [2.75, 3.05) is 71.0 Å². The highest BCUT2D eigenvalue weighted by Gasteiger charge is 2.27. The number of hydrogen-bond donors (Lipinski definition) is 2. The van der Waals surface area contributed by atoms with E-state index in [1.165, 1.54) is 0 Å². The first-order chi connectivity index (χ1) is 15.8. The van der Waals surface area contributed by atoms with Crippen molar-refractivity contribution in [3.63, 3.8) is 0 Å². The topological polar surface area (TPSA) is 93.7 Å². The predicted molar refractivity (Wildman–Crippen MR) is 133 cm³/mol. The van der Waals surface area contributed by atoms with Crippen LogP contribution in [0.3, 0.4) is 0 Å². The van der Waals surface area contributed by atoms with E-state index in [0.717, 1.165) is 42.9 Å². The summed E-state index contributed by atoms with van der Waals surface area (Å²) in [6.07, 6.45) is 0. The average molecular weight is 470 g/mol. The van der Waals surface area contributed by atoms with Crippen LogP contribution in [0.5, 0.6) is 0 Å². The van der Waals surface area contributed by atoms with Crippen LogP contribution < -0.4 is 10.6 Å². The summed E-state index contributed by atoms with van der Waals surface area (Å²) in [5.41, 5.74) is 1.43. The Kier molecular flexibility index (Phi) is 7.08. The molecule has 9 nitrogen and oxygen atoms in total. The van der Waals surface area contributed by atoms with E-state index in [-0.39, 0.29) is 4.90 Å². The molecule has 1 aliphatic heterocycles. The summed E-state index contributed by atoms with van der Waals surface area (Å²) in [5.74, 6) is 1.15. The first-order valence-corrected chi connectivity index (χ1v) is 12.5. The van der Waals surface area contributed by atoms with E-state index >= 15 is 0 Å². The Bertz CT molecular complexity index is 1210. The van der Waals surface area contributed by atoms with Crippen LogP contribution in [0, 0.1) is 0 Å². The second-order valence-electron chi connectivity index (χ2n) is 8.50. The Morgan fingerprint density at radius 1 is 1.00 bits per heavy atom. The first kappa shape index (κ1) is 23.4. The lowest BCUT2D eigenvalue weighted by Gasteiger charge is -2.31. The molecule has 0 spiro atoms. The molecule has 2 N–H and O–H groups in total. The SMILES string of the molecule is CN(C)CCNc1nc(Nc2cccc(S(=O)(=O)N3CCN(C)CC3)c2)nc2ccccc12. The molecule has 0 radical (unpaired) electrons. The van der Waals surface area contributed by atoms with Crippen LogP contribution in [0.4, 0.5) is 17.5 Å². The monoisotopic (exact) mass is 469 g/mol. The molecule has 0 amide bonds. The van der Waals surface area contributed by atoms with Gasteiger partial charge in [-0.05, 0) is 51.5 Å². The van der Waals surface area contributed by atoms with Gasteiger partial charge < -0.3 is 20.4 Å². The molecule has 1 fully saturated rings. The molecule has 2 aromatic carbocycles. The second-order valence-corrected chi connectivity index (χ2v) is 10.4. The van der Waals surface area contributed by atoms with Gasteiger partial charge in [0.1, 0.15) is 5.82 Å². The van der Waals surface area contributed by atoms with Crippen molar-refractivity contribution < 1.29 is 8.42 Å². The maximum atomic E-state index is 13.1. The maximum Gasteiger partial charge on any atom is 0.243 e. The smallest absolute Gasteiger partial charge is 0.243 e. The van der Waals surface area contributed by atoms with Crippen molar-refractivity contribution in [3.05, 3.63) is 48.5 Å². The highest BCUT2D eigenvalue weighted by molar-refractivity contribution is 7.89. The Morgan fingerprint density at radius 3 is 2.52 bits per heavy atom. The third-order valence-corrected chi connectivity index (χ3v) is 7.54. The normalized spacial score (nSPS) is 15.8. The molecular formula is C23H31N7O2S. The van der Waals surface area contributed by atoms with Crippen molar-refractivity contribution in [2.45, 2.75) is 4.90 Å². The molecule has 176 valence electrons. The fraction of sp³-hybridized carbons (Fsp3) is 0.391. The fourth-order valence-electron chi connectivity index (χ4n) is 3.71. The van der Waals surface area contributed by atoms with Crippen molar-refractivity contribution in [2.24, 2.45) is 0 Å². The van der Waals surface area contributed by atoms with Crippen molar-refractivity contribution in [3.8, 4) is 0 Å². The molecule has 0 saturated carbocycles. The van der Waals surface area contributed by atoms with Gasteiger partial charge in [-0.1, -0.05) is 18.2 Å². The zero-order valence-corrected chi connectivity index (χ0v) is 20.1. The van der Waals surface area contributed by atoms with Crippen molar-refractivity contribution in [1.29, 1.82) is 0 Å². The predicted octanol–water partition coefficient (Wildman–Crippen LogP) is 2.28. The number of anilines is 3. The summed E-state index contributed by atoms with van der Waals surface area (Å²) in [6.45, 7) is 4.05. The molecule has 0 atom stereocenters. The molecule has 0 aliphatic carbocycles. The van der Waals surface area contributed by atoms with E-state index < -0.39 is 10.0 Å². The van der Waals surface area contributed by atoms with Crippen LogP contribution in [-0.4, -0.2) is 92.9 Å². The van der Waals surface area contributed by atoms with Crippen LogP contribution in [0.25, 0.3) is 10.9 Å². The van der Waals surface area contributed by atoms with E-state index in [9.17, 15) is 8.42 Å². The van der Waals surface area contributed by atoms with Crippen molar-refractivity contribution >= 4 is 38.4 Å². The Labute approximate surface area is 195 Å². The van der Waals surface area contributed by atoms with Crippen LogP contribution in [0.1, 0.15) is 0 Å². The number of piperazine rings is 1. The number of likely N-dealkylation sites (N-methyl/N-ethyl adjacent to an activating group) is 2. The highest BCUT2D eigenvalue weighted by Crippen LogP contribution is 2.25. The summed E-state index contributed by atoms with van der Waals surface area (Å²) >= 11 is 0. The molecule has 10 heteroatoms. The molecule has 1 saturated heterocycles. The number of nitrogens with one attached hydrogen (secondary N) is 2. The van der Waals surface area contributed by atoms with Gasteiger partial charge >= 0.3 is 0 Å². The summed E-state index contributed by atoms with van der Waals surface area (Å²) in [4.78, 5) is 13.8. The Balaban J connectivity index is 1.58. The van der Waals surface area contributed by atoms with E-state index in [1.54, 1.807) is 22.5 Å². The molecule has 4 rings (SSSR count).